The first kappa shape index (κ1) is 19.4. The van der Waals surface area contributed by atoms with Gasteiger partial charge >= 0.3 is 5.97 Å². The zero-order chi connectivity index (χ0) is 19.4. The number of benzene rings is 1. The summed E-state index contributed by atoms with van der Waals surface area (Å²) >= 11 is 0. The number of carboxylic acids is 1. The molecule has 1 aromatic rings. The molecular formula is C20H27N3O4. The molecule has 0 bridgehead atoms. The van der Waals surface area contributed by atoms with Crippen molar-refractivity contribution >= 4 is 17.8 Å². The van der Waals surface area contributed by atoms with Gasteiger partial charge in [0.15, 0.2) is 0 Å². The van der Waals surface area contributed by atoms with Crippen LogP contribution in [0.1, 0.15) is 36.8 Å². The van der Waals surface area contributed by atoms with Gasteiger partial charge in [-0.2, -0.15) is 0 Å². The molecule has 27 heavy (non-hydrogen) atoms. The zero-order valence-corrected chi connectivity index (χ0v) is 15.7. The normalized spacial score (nSPS) is 21.8. The SMILES string of the molecule is Cc1ccc(CNC(=O)CCN2CCC3(CC2)NC(=O)CC3C(=O)O)cc1. The minimum atomic E-state index is -0.905. The monoisotopic (exact) mass is 373 g/mol. The molecule has 1 atom stereocenters. The molecule has 2 amide bonds. The van der Waals surface area contributed by atoms with Crippen LogP contribution in [0, 0.1) is 12.8 Å². The molecule has 2 aliphatic rings. The third-order valence-corrected chi connectivity index (χ3v) is 5.76. The van der Waals surface area contributed by atoms with E-state index < -0.39 is 17.4 Å². The number of piperidine rings is 1. The Kier molecular flexibility index (Phi) is 5.79. The van der Waals surface area contributed by atoms with E-state index in [2.05, 4.69) is 15.5 Å². The maximum Gasteiger partial charge on any atom is 0.309 e. The maximum absolute atomic E-state index is 12.1. The number of rotatable bonds is 6. The maximum atomic E-state index is 12.1. The Morgan fingerprint density at radius 2 is 1.93 bits per heavy atom. The Hall–Kier alpha value is -2.41. The topological polar surface area (TPSA) is 98.7 Å². The van der Waals surface area contributed by atoms with Crippen molar-refractivity contribution in [3.05, 3.63) is 35.4 Å². The van der Waals surface area contributed by atoms with Gasteiger partial charge in [0.25, 0.3) is 0 Å². The van der Waals surface area contributed by atoms with E-state index in [9.17, 15) is 19.5 Å². The molecule has 1 unspecified atom stereocenters. The number of aryl methyl sites for hydroxylation is 1. The Balaban J connectivity index is 1.41. The second-order valence-corrected chi connectivity index (χ2v) is 7.65. The number of hydrogen-bond donors (Lipinski definition) is 3. The lowest BCUT2D eigenvalue weighted by molar-refractivity contribution is -0.144. The van der Waals surface area contributed by atoms with E-state index in [0.717, 1.165) is 5.56 Å². The van der Waals surface area contributed by atoms with Gasteiger partial charge in [-0.1, -0.05) is 29.8 Å². The van der Waals surface area contributed by atoms with Crippen molar-refractivity contribution in [1.82, 2.24) is 15.5 Å². The van der Waals surface area contributed by atoms with Crippen molar-refractivity contribution in [1.29, 1.82) is 0 Å². The molecule has 1 aromatic carbocycles. The molecule has 2 heterocycles. The minimum absolute atomic E-state index is 0.00782. The van der Waals surface area contributed by atoms with Crippen LogP contribution in [0.5, 0.6) is 0 Å². The summed E-state index contributed by atoms with van der Waals surface area (Å²) in [5.74, 6) is -1.72. The van der Waals surface area contributed by atoms with Crippen LogP contribution in [0.3, 0.4) is 0 Å². The summed E-state index contributed by atoms with van der Waals surface area (Å²) in [5, 5.41) is 15.2. The number of carboxylic acid groups (broad SMARTS) is 1. The molecule has 3 rings (SSSR count). The van der Waals surface area contributed by atoms with Crippen LogP contribution in [0.2, 0.25) is 0 Å². The molecule has 0 aromatic heterocycles. The van der Waals surface area contributed by atoms with E-state index in [-0.39, 0.29) is 18.2 Å². The van der Waals surface area contributed by atoms with Crippen LogP contribution in [-0.2, 0) is 20.9 Å². The fourth-order valence-electron chi connectivity index (χ4n) is 4.02. The molecule has 7 nitrogen and oxygen atoms in total. The van der Waals surface area contributed by atoms with Gasteiger partial charge in [0.05, 0.1) is 11.5 Å². The van der Waals surface area contributed by atoms with Gasteiger partial charge in [0.1, 0.15) is 0 Å². The third kappa shape index (κ3) is 4.66. The lowest BCUT2D eigenvalue weighted by atomic mass is 9.77. The molecule has 1 spiro atoms. The quantitative estimate of drug-likeness (QED) is 0.692. The van der Waals surface area contributed by atoms with Crippen LogP contribution in [0.4, 0.5) is 0 Å². The average Bonchev–Trinajstić information content (AvgIpc) is 2.97. The van der Waals surface area contributed by atoms with E-state index in [1.807, 2.05) is 31.2 Å². The molecule has 2 fully saturated rings. The summed E-state index contributed by atoms with van der Waals surface area (Å²) in [5.41, 5.74) is 1.65. The molecule has 146 valence electrons. The number of likely N-dealkylation sites (tertiary alicyclic amines) is 1. The van der Waals surface area contributed by atoms with E-state index in [0.29, 0.717) is 45.4 Å². The second-order valence-electron chi connectivity index (χ2n) is 7.65. The molecule has 2 saturated heterocycles. The second kappa shape index (κ2) is 8.08. The zero-order valence-electron chi connectivity index (χ0n) is 15.7. The van der Waals surface area contributed by atoms with Crippen LogP contribution in [0.25, 0.3) is 0 Å². The highest BCUT2D eigenvalue weighted by Crippen LogP contribution is 2.36. The predicted octanol–water partition coefficient (Wildman–Crippen LogP) is 1.06. The summed E-state index contributed by atoms with van der Waals surface area (Å²) < 4.78 is 0. The number of carbonyl (C=O) groups is 3. The van der Waals surface area contributed by atoms with Gasteiger partial charge in [0, 0.05) is 39.0 Å². The highest BCUT2D eigenvalue weighted by molar-refractivity contribution is 5.88. The smallest absolute Gasteiger partial charge is 0.309 e. The number of nitrogens with zero attached hydrogens (tertiary/aromatic N) is 1. The van der Waals surface area contributed by atoms with E-state index in [1.54, 1.807) is 0 Å². The summed E-state index contributed by atoms with van der Waals surface area (Å²) in [6.45, 7) is 4.57. The Labute approximate surface area is 159 Å². The molecule has 3 N–H and O–H groups in total. The Morgan fingerprint density at radius 1 is 1.26 bits per heavy atom. The first-order chi connectivity index (χ1) is 12.9. The van der Waals surface area contributed by atoms with Crippen molar-refractivity contribution in [3.63, 3.8) is 0 Å². The van der Waals surface area contributed by atoms with Crippen molar-refractivity contribution < 1.29 is 19.5 Å². The molecule has 0 radical (unpaired) electrons. The van der Waals surface area contributed by atoms with Crippen LogP contribution < -0.4 is 10.6 Å². The highest BCUT2D eigenvalue weighted by Gasteiger charge is 2.51. The van der Waals surface area contributed by atoms with Gasteiger partial charge in [-0.25, -0.2) is 0 Å². The summed E-state index contributed by atoms with van der Waals surface area (Å²) in [7, 11) is 0. The van der Waals surface area contributed by atoms with Gasteiger partial charge in [0.2, 0.25) is 11.8 Å². The Morgan fingerprint density at radius 3 is 2.56 bits per heavy atom. The standard InChI is InChI=1S/C20H27N3O4/c1-14-2-4-15(5-3-14)13-21-17(24)6-9-23-10-7-20(8-11-23)16(19(26)27)12-18(25)22-20/h2-5,16H,6-13H2,1H3,(H,21,24)(H,22,25)(H,26,27). The van der Waals surface area contributed by atoms with Crippen molar-refractivity contribution in [2.75, 3.05) is 19.6 Å². The van der Waals surface area contributed by atoms with Crippen molar-refractivity contribution in [3.8, 4) is 0 Å². The first-order valence-corrected chi connectivity index (χ1v) is 9.46. The van der Waals surface area contributed by atoms with Crippen molar-refractivity contribution in [2.45, 2.75) is 44.7 Å². The third-order valence-electron chi connectivity index (χ3n) is 5.76. The number of carbonyl (C=O) groups excluding carboxylic acids is 2. The van der Waals surface area contributed by atoms with E-state index >= 15 is 0 Å². The number of aliphatic carboxylic acids is 1. The molecule has 0 aliphatic carbocycles. The molecule has 7 heteroatoms. The van der Waals surface area contributed by atoms with E-state index in [1.165, 1.54) is 5.56 Å². The van der Waals surface area contributed by atoms with Crippen LogP contribution >= 0.6 is 0 Å². The van der Waals surface area contributed by atoms with Crippen LogP contribution in [-0.4, -0.2) is 53.0 Å². The number of amides is 2. The number of hydrogen-bond acceptors (Lipinski definition) is 4. The molecular weight excluding hydrogens is 346 g/mol. The molecule has 2 aliphatic heterocycles. The van der Waals surface area contributed by atoms with Crippen LogP contribution in [0.15, 0.2) is 24.3 Å². The van der Waals surface area contributed by atoms with Crippen molar-refractivity contribution in [2.24, 2.45) is 5.92 Å². The largest absolute Gasteiger partial charge is 0.481 e. The first-order valence-electron chi connectivity index (χ1n) is 9.46. The lowest BCUT2D eigenvalue weighted by Crippen LogP contribution is -2.55. The fraction of sp³-hybridized carbons (Fsp3) is 0.550. The average molecular weight is 373 g/mol. The minimum Gasteiger partial charge on any atom is -0.481 e. The highest BCUT2D eigenvalue weighted by atomic mass is 16.4. The van der Waals surface area contributed by atoms with Gasteiger partial charge < -0.3 is 20.6 Å². The van der Waals surface area contributed by atoms with E-state index in [4.69, 9.17) is 0 Å². The lowest BCUT2D eigenvalue weighted by Gasteiger charge is -2.41. The van der Waals surface area contributed by atoms with Gasteiger partial charge in [-0.15, -0.1) is 0 Å². The summed E-state index contributed by atoms with van der Waals surface area (Å²) in [6, 6.07) is 8.07. The summed E-state index contributed by atoms with van der Waals surface area (Å²) in [6.07, 6.45) is 1.70. The van der Waals surface area contributed by atoms with Gasteiger partial charge in [-0.05, 0) is 25.3 Å². The Bertz CT molecular complexity index is 708. The predicted molar refractivity (Wildman–Crippen MR) is 99.9 cm³/mol. The summed E-state index contributed by atoms with van der Waals surface area (Å²) in [4.78, 5) is 37.4. The van der Waals surface area contributed by atoms with Gasteiger partial charge in [-0.3, -0.25) is 14.4 Å². The fourth-order valence-corrected chi connectivity index (χ4v) is 4.02. The molecule has 0 saturated carbocycles. The number of nitrogens with one attached hydrogen (secondary N) is 2.